The molecule has 3 N–H and O–H groups in total. The summed E-state index contributed by atoms with van der Waals surface area (Å²) in [6.45, 7) is 0.167. The molecular formula is C27H22ClN7O3. The first-order valence-electron chi connectivity index (χ1n) is 11.6. The minimum atomic E-state index is -0.465. The molecule has 0 aliphatic heterocycles. The molecule has 38 heavy (non-hydrogen) atoms. The summed E-state index contributed by atoms with van der Waals surface area (Å²) in [6.07, 6.45) is 2.73. The van der Waals surface area contributed by atoms with E-state index in [9.17, 15) is 9.59 Å². The van der Waals surface area contributed by atoms with Crippen LogP contribution < -0.4 is 16.0 Å². The molecule has 0 atom stereocenters. The zero-order valence-corrected chi connectivity index (χ0v) is 20.9. The summed E-state index contributed by atoms with van der Waals surface area (Å²) in [7, 11) is 1.78. The molecule has 11 heteroatoms. The number of oxazole rings is 1. The number of carbonyl (C=O) groups excluding carboxylic acids is 2. The van der Waals surface area contributed by atoms with Gasteiger partial charge in [-0.2, -0.15) is 5.10 Å². The van der Waals surface area contributed by atoms with Gasteiger partial charge in [-0.1, -0.05) is 41.9 Å². The van der Waals surface area contributed by atoms with Gasteiger partial charge in [0.05, 0.1) is 34.2 Å². The predicted octanol–water partition coefficient (Wildman–Crippen LogP) is 4.80. The van der Waals surface area contributed by atoms with Crippen LogP contribution in [-0.4, -0.2) is 38.6 Å². The molecule has 3 heterocycles. The van der Waals surface area contributed by atoms with Crippen molar-refractivity contribution in [1.29, 1.82) is 0 Å². The Balaban J connectivity index is 1.44. The van der Waals surface area contributed by atoms with E-state index >= 15 is 0 Å². The summed E-state index contributed by atoms with van der Waals surface area (Å²) in [4.78, 5) is 34.7. The van der Waals surface area contributed by atoms with Crippen LogP contribution in [0.25, 0.3) is 16.9 Å². The number of hydrogen-bond acceptors (Lipinski definition) is 7. The molecule has 0 bridgehead atoms. The Morgan fingerprint density at radius 3 is 2.61 bits per heavy atom. The monoisotopic (exact) mass is 527 g/mol. The van der Waals surface area contributed by atoms with Crippen LogP contribution in [0, 0.1) is 0 Å². The molecule has 0 radical (unpaired) electrons. The molecular weight excluding hydrogens is 506 g/mol. The van der Waals surface area contributed by atoms with E-state index in [2.05, 4.69) is 31.0 Å². The van der Waals surface area contributed by atoms with Crippen LogP contribution >= 0.6 is 11.6 Å². The lowest BCUT2D eigenvalue weighted by molar-refractivity contribution is 0.0944. The Kier molecular flexibility index (Phi) is 7.14. The average Bonchev–Trinajstić information content (AvgIpc) is 3.63. The third-order valence-electron chi connectivity index (χ3n) is 5.61. The molecule has 0 saturated heterocycles. The van der Waals surface area contributed by atoms with Gasteiger partial charge in [0.25, 0.3) is 11.8 Å². The summed E-state index contributed by atoms with van der Waals surface area (Å²) >= 11 is 6.41. The number of anilines is 2. The average molecular weight is 528 g/mol. The Morgan fingerprint density at radius 2 is 1.84 bits per heavy atom. The number of aromatic nitrogens is 4. The molecule has 0 aliphatic rings. The number of hydrogen-bond donors (Lipinski definition) is 3. The first kappa shape index (κ1) is 24.7. The summed E-state index contributed by atoms with van der Waals surface area (Å²) in [5, 5.41) is 13.3. The third kappa shape index (κ3) is 5.40. The lowest BCUT2D eigenvalue weighted by Gasteiger charge is -2.11. The molecule has 0 unspecified atom stereocenters. The molecule has 5 aromatic rings. The van der Waals surface area contributed by atoms with E-state index in [-0.39, 0.29) is 22.8 Å². The quantitative estimate of drug-likeness (QED) is 0.264. The molecule has 190 valence electrons. The Morgan fingerprint density at radius 1 is 1.00 bits per heavy atom. The fraction of sp³-hybridized carbons (Fsp3) is 0.0741. The van der Waals surface area contributed by atoms with E-state index in [1.165, 1.54) is 23.4 Å². The number of benzene rings is 2. The van der Waals surface area contributed by atoms with Gasteiger partial charge in [0.15, 0.2) is 12.1 Å². The van der Waals surface area contributed by atoms with Gasteiger partial charge in [0, 0.05) is 18.7 Å². The fourth-order valence-corrected chi connectivity index (χ4v) is 3.91. The highest BCUT2D eigenvalue weighted by molar-refractivity contribution is 6.34. The van der Waals surface area contributed by atoms with Crippen molar-refractivity contribution in [2.75, 3.05) is 17.7 Å². The zero-order valence-electron chi connectivity index (χ0n) is 20.2. The normalized spacial score (nSPS) is 10.7. The predicted molar refractivity (Wildman–Crippen MR) is 143 cm³/mol. The smallest absolute Gasteiger partial charge is 0.272 e. The number of rotatable bonds is 8. The van der Waals surface area contributed by atoms with E-state index in [0.29, 0.717) is 28.7 Å². The van der Waals surface area contributed by atoms with Crippen LogP contribution in [0.5, 0.6) is 0 Å². The maximum Gasteiger partial charge on any atom is 0.272 e. The highest BCUT2D eigenvalue weighted by atomic mass is 35.5. The number of pyridine rings is 1. The molecule has 0 spiro atoms. The van der Waals surface area contributed by atoms with Crippen LogP contribution in [0.4, 0.5) is 11.6 Å². The first-order valence-corrected chi connectivity index (χ1v) is 12.0. The second-order valence-corrected chi connectivity index (χ2v) is 8.54. The molecule has 10 nitrogen and oxygen atoms in total. The van der Waals surface area contributed by atoms with Gasteiger partial charge in [0.1, 0.15) is 17.9 Å². The standard InChI is InChI=1S/C27H22ClN7O3/c1-29-24-9-5-8-22(32-24)17-10-11-21(28)20(12-17)26(36)33-25-13-23(27(37)30-14-18-15-38-16-31-18)34-35(25)19-6-3-2-4-7-19/h2-13,15-16H,14H2,1H3,(H,29,32)(H,30,37)(H,33,36). The third-order valence-corrected chi connectivity index (χ3v) is 5.94. The molecule has 5 rings (SSSR count). The van der Waals surface area contributed by atoms with E-state index in [1.807, 2.05) is 48.5 Å². The zero-order chi connectivity index (χ0) is 26.5. The van der Waals surface area contributed by atoms with E-state index in [0.717, 1.165) is 5.56 Å². The highest BCUT2D eigenvalue weighted by Crippen LogP contribution is 2.26. The van der Waals surface area contributed by atoms with Crippen molar-refractivity contribution < 1.29 is 14.0 Å². The lowest BCUT2D eigenvalue weighted by atomic mass is 10.1. The number of nitrogens with zero attached hydrogens (tertiary/aromatic N) is 4. The number of amides is 2. The first-order chi connectivity index (χ1) is 18.5. The van der Waals surface area contributed by atoms with E-state index in [1.54, 1.807) is 25.2 Å². The van der Waals surface area contributed by atoms with Gasteiger partial charge in [-0.3, -0.25) is 9.59 Å². The van der Waals surface area contributed by atoms with Gasteiger partial charge in [0.2, 0.25) is 0 Å². The van der Waals surface area contributed by atoms with Crippen molar-refractivity contribution in [3.8, 4) is 16.9 Å². The minimum Gasteiger partial charge on any atom is -0.451 e. The summed E-state index contributed by atoms with van der Waals surface area (Å²) in [5.74, 6) is 0.0936. The Bertz CT molecular complexity index is 1580. The van der Waals surface area contributed by atoms with Crippen molar-refractivity contribution in [1.82, 2.24) is 25.1 Å². The Hall–Kier alpha value is -4.96. The second kappa shape index (κ2) is 11.0. The SMILES string of the molecule is CNc1cccc(-c2ccc(Cl)c(C(=O)Nc3cc(C(=O)NCc4cocn4)nn3-c3ccccc3)c2)n1. The van der Waals surface area contributed by atoms with Gasteiger partial charge in [-0.25, -0.2) is 14.6 Å². The molecule has 0 saturated carbocycles. The number of halogens is 1. The van der Waals surface area contributed by atoms with E-state index < -0.39 is 11.8 Å². The maximum absolute atomic E-state index is 13.4. The topological polar surface area (TPSA) is 127 Å². The largest absolute Gasteiger partial charge is 0.451 e. The lowest BCUT2D eigenvalue weighted by Crippen LogP contribution is -2.23. The van der Waals surface area contributed by atoms with Crippen molar-refractivity contribution in [2.45, 2.75) is 6.54 Å². The molecule has 3 aromatic heterocycles. The van der Waals surface area contributed by atoms with Crippen LogP contribution in [0.1, 0.15) is 26.5 Å². The number of nitrogens with one attached hydrogen (secondary N) is 3. The van der Waals surface area contributed by atoms with Gasteiger partial charge < -0.3 is 20.4 Å². The van der Waals surface area contributed by atoms with Crippen molar-refractivity contribution in [3.05, 3.63) is 107 Å². The molecule has 0 aliphatic carbocycles. The van der Waals surface area contributed by atoms with Crippen molar-refractivity contribution in [2.24, 2.45) is 0 Å². The highest BCUT2D eigenvalue weighted by Gasteiger charge is 2.20. The molecule has 2 amide bonds. The van der Waals surface area contributed by atoms with Gasteiger partial charge in [-0.05, 0) is 36.4 Å². The number of carbonyl (C=O) groups is 2. The summed E-state index contributed by atoms with van der Waals surface area (Å²) < 4.78 is 6.41. The van der Waals surface area contributed by atoms with E-state index in [4.69, 9.17) is 16.0 Å². The number of para-hydroxylation sites is 1. The Labute approximate surface area is 222 Å². The summed E-state index contributed by atoms with van der Waals surface area (Å²) in [6, 6.07) is 21.3. The molecule has 0 fully saturated rings. The molecule has 2 aromatic carbocycles. The van der Waals surface area contributed by atoms with Gasteiger partial charge in [-0.15, -0.1) is 0 Å². The summed E-state index contributed by atoms with van der Waals surface area (Å²) in [5.41, 5.74) is 2.99. The fourth-order valence-electron chi connectivity index (χ4n) is 3.71. The van der Waals surface area contributed by atoms with Crippen LogP contribution in [-0.2, 0) is 6.54 Å². The van der Waals surface area contributed by atoms with Crippen LogP contribution in [0.2, 0.25) is 5.02 Å². The minimum absolute atomic E-state index is 0.112. The van der Waals surface area contributed by atoms with Crippen molar-refractivity contribution >= 4 is 35.1 Å². The van der Waals surface area contributed by atoms with Crippen LogP contribution in [0.15, 0.2) is 89.9 Å². The van der Waals surface area contributed by atoms with Crippen LogP contribution in [0.3, 0.4) is 0 Å². The second-order valence-electron chi connectivity index (χ2n) is 8.13. The van der Waals surface area contributed by atoms with Crippen molar-refractivity contribution in [3.63, 3.8) is 0 Å². The maximum atomic E-state index is 13.4. The van der Waals surface area contributed by atoms with Gasteiger partial charge >= 0.3 is 0 Å².